The number of hydrogen-bond donors (Lipinski definition) is 1. The molecule has 2 heterocycles. The molecule has 0 spiro atoms. The maximum absolute atomic E-state index is 12.1. The lowest BCUT2D eigenvalue weighted by atomic mass is 10.1. The van der Waals surface area contributed by atoms with Crippen LogP contribution in [-0.4, -0.2) is 43.2 Å². The lowest BCUT2D eigenvalue weighted by Crippen LogP contribution is -2.44. The molecule has 114 valence electrons. The second-order valence-corrected chi connectivity index (χ2v) is 7.02. The first-order valence-corrected chi connectivity index (χ1v) is 8.63. The third kappa shape index (κ3) is 3.86. The van der Waals surface area contributed by atoms with Crippen molar-refractivity contribution in [3.8, 4) is 0 Å². The van der Waals surface area contributed by atoms with Gasteiger partial charge in [-0.05, 0) is 34.5 Å². The van der Waals surface area contributed by atoms with Crippen LogP contribution in [0.15, 0.2) is 27.8 Å². The second kappa shape index (κ2) is 6.63. The summed E-state index contributed by atoms with van der Waals surface area (Å²) in [4.78, 5) is 28.1. The highest BCUT2D eigenvalue weighted by atomic mass is 79.9. The van der Waals surface area contributed by atoms with Gasteiger partial charge < -0.3 is 0 Å². The van der Waals surface area contributed by atoms with Crippen molar-refractivity contribution in [1.29, 1.82) is 0 Å². The van der Waals surface area contributed by atoms with E-state index < -0.39 is 10.0 Å². The van der Waals surface area contributed by atoms with Crippen LogP contribution in [-0.2, 0) is 19.6 Å². The van der Waals surface area contributed by atoms with Crippen LogP contribution in [0.2, 0.25) is 0 Å². The molecule has 0 radical (unpaired) electrons. The Morgan fingerprint density at radius 3 is 2.57 bits per heavy atom. The van der Waals surface area contributed by atoms with E-state index in [0.717, 1.165) is 4.90 Å². The van der Waals surface area contributed by atoms with Crippen molar-refractivity contribution in [2.24, 2.45) is 0 Å². The van der Waals surface area contributed by atoms with Gasteiger partial charge in [0.25, 0.3) is 10.0 Å². The molecular formula is C12H14BrN3O4S. The van der Waals surface area contributed by atoms with Crippen LogP contribution in [0.25, 0.3) is 0 Å². The van der Waals surface area contributed by atoms with Gasteiger partial charge in [0.05, 0.1) is 4.47 Å². The Hall–Kier alpha value is -1.32. The summed E-state index contributed by atoms with van der Waals surface area (Å²) in [5.74, 6) is -0.520. The minimum atomic E-state index is -3.78. The molecule has 0 atom stereocenters. The Morgan fingerprint density at radius 2 is 1.95 bits per heavy atom. The fourth-order valence-electron chi connectivity index (χ4n) is 1.98. The summed E-state index contributed by atoms with van der Waals surface area (Å²) in [7, 11) is -3.78. The molecule has 7 nitrogen and oxygen atoms in total. The molecule has 9 heteroatoms. The molecular weight excluding hydrogens is 362 g/mol. The van der Waals surface area contributed by atoms with Crippen molar-refractivity contribution < 1.29 is 18.0 Å². The van der Waals surface area contributed by atoms with E-state index >= 15 is 0 Å². The molecule has 2 rings (SSSR count). The topological polar surface area (TPSA) is 96.4 Å². The number of amides is 2. The Morgan fingerprint density at radius 1 is 1.29 bits per heavy atom. The third-order valence-corrected chi connectivity index (χ3v) is 5.31. The summed E-state index contributed by atoms with van der Waals surface area (Å²) in [6.45, 7) is -0.00975. The normalized spacial score (nSPS) is 16.3. The number of pyridine rings is 1. The molecule has 21 heavy (non-hydrogen) atoms. The van der Waals surface area contributed by atoms with Gasteiger partial charge in [0.2, 0.25) is 11.8 Å². The van der Waals surface area contributed by atoms with Crippen molar-refractivity contribution in [1.82, 2.24) is 14.6 Å². The average molecular weight is 376 g/mol. The van der Waals surface area contributed by atoms with Crippen molar-refractivity contribution in [2.75, 3.05) is 13.1 Å². The molecule has 1 aliphatic rings. The molecule has 0 aromatic carbocycles. The first-order chi connectivity index (χ1) is 9.92. The summed E-state index contributed by atoms with van der Waals surface area (Å²) in [6.07, 6.45) is 2.58. The highest BCUT2D eigenvalue weighted by molar-refractivity contribution is 9.10. The molecule has 1 aliphatic heterocycles. The Bertz CT molecular complexity index is 646. The Kier molecular flexibility index (Phi) is 5.07. The van der Waals surface area contributed by atoms with Crippen LogP contribution in [0.4, 0.5) is 0 Å². The van der Waals surface area contributed by atoms with Crippen LogP contribution >= 0.6 is 15.9 Å². The van der Waals surface area contributed by atoms with Gasteiger partial charge in [-0.1, -0.05) is 0 Å². The number of nitrogens with zero attached hydrogens (tertiary/aromatic N) is 2. The first-order valence-electron chi connectivity index (χ1n) is 6.35. The van der Waals surface area contributed by atoms with Gasteiger partial charge in [-0.2, -0.15) is 0 Å². The summed E-state index contributed by atoms with van der Waals surface area (Å²) >= 11 is 3.12. The number of halogens is 1. The highest BCUT2D eigenvalue weighted by Gasteiger charge is 2.26. The molecule has 1 saturated heterocycles. The van der Waals surface area contributed by atoms with Crippen LogP contribution in [0, 0.1) is 0 Å². The van der Waals surface area contributed by atoms with E-state index in [1.165, 1.54) is 6.20 Å². The van der Waals surface area contributed by atoms with Gasteiger partial charge in [-0.15, -0.1) is 0 Å². The number of rotatable bonds is 5. The molecule has 1 aromatic rings. The molecule has 1 aromatic heterocycles. The zero-order chi connectivity index (χ0) is 15.5. The Balaban J connectivity index is 1.98. The maximum Gasteiger partial charge on any atom is 0.259 e. The van der Waals surface area contributed by atoms with Crippen molar-refractivity contribution in [3.63, 3.8) is 0 Å². The zero-order valence-electron chi connectivity index (χ0n) is 11.1. The van der Waals surface area contributed by atoms with Gasteiger partial charge in [-0.3, -0.25) is 14.5 Å². The lowest BCUT2D eigenvalue weighted by molar-refractivity contribution is -0.147. The number of carbonyl (C=O) groups is 2. The molecule has 0 bridgehead atoms. The summed E-state index contributed by atoms with van der Waals surface area (Å²) in [6, 6.07) is 3.17. The SMILES string of the molecule is O=C1CCCC(=O)N1CCNS(=O)(=O)c1ncccc1Br. The summed E-state index contributed by atoms with van der Waals surface area (Å²) in [5, 5.41) is -0.124. The fraction of sp³-hybridized carbons (Fsp3) is 0.417. The lowest BCUT2D eigenvalue weighted by Gasteiger charge is -2.24. The predicted octanol–water partition coefficient (Wildman–Crippen LogP) is 0.662. The number of sulfonamides is 1. The molecule has 0 unspecified atom stereocenters. The van der Waals surface area contributed by atoms with E-state index in [1.807, 2.05) is 0 Å². The van der Waals surface area contributed by atoms with Crippen LogP contribution < -0.4 is 4.72 Å². The predicted molar refractivity (Wildman–Crippen MR) is 77.7 cm³/mol. The summed E-state index contributed by atoms with van der Waals surface area (Å²) in [5.41, 5.74) is 0. The number of piperidine rings is 1. The van der Waals surface area contributed by atoms with E-state index in [-0.39, 0.29) is 29.9 Å². The van der Waals surface area contributed by atoms with E-state index in [0.29, 0.717) is 23.7 Å². The van der Waals surface area contributed by atoms with E-state index in [9.17, 15) is 18.0 Å². The van der Waals surface area contributed by atoms with Crippen LogP contribution in [0.5, 0.6) is 0 Å². The molecule has 0 saturated carbocycles. The Labute approximate surface area is 130 Å². The van der Waals surface area contributed by atoms with E-state index in [1.54, 1.807) is 12.1 Å². The van der Waals surface area contributed by atoms with E-state index in [4.69, 9.17) is 0 Å². The van der Waals surface area contributed by atoms with Gasteiger partial charge in [-0.25, -0.2) is 18.1 Å². The quantitative estimate of drug-likeness (QED) is 0.762. The van der Waals surface area contributed by atoms with Gasteiger partial charge in [0.1, 0.15) is 0 Å². The monoisotopic (exact) mass is 375 g/mol. The van der Waals surface area contributed by atoms with Gasteiger partial charge in [0.15, 0.2) is 5.03 Å². The average Bonchev–Trinajstić information content (AvgIpc) is 2.42. The number of likely N-dealkylation sites (tertiary alicyclic amines) is 1. The van der Waals surface area contributed by atoms with Crippen molar-refractivity contribution in [3.05, 3.63) is 22.8 Å². The maximum atomic E-state index is 12.1. The smallest absolute Gasteiger partial charge is 0.259 e. The zero-order valence-corrected chi connectivity index (χ0v) is 13.5. The molecule has 1 fully saturated rings. The standard InChI is InChI=1S/C12H14BrN3O4S/c13-9-3-2-6-14-12(9)21(19,20)15-7-8-16-10(17)4-1-5-11(16)18/h2-3,6,15H,1,4-5,7-8H2. The minimum Gasteiger partial charge on any atom is -0.281 e. The minimum absolute atomic E-state index is 0.0291. The number of imide groups is 1. The first kappa shape index (κ1) is 16.1. The highest BCUT2D eigenvalue weighted by Crippen LogP contribution is 2.18. The number of carbonyl (C=O) groups excluding carboxylic acids is 2. The number of aromatic nitrogens is 1. The molecule has 0 aliphatic carbocycles. The molecule has 1 N–H and O–H groups in total. The fourth-order valence-corrected chi connectivity index (χ4v) is 3.89. The van der Waals surface area contributed by atoms with Gasteiger partial charge in [0, 0.05) is 32.1 Å². The second-order valence-electron chi connectivity index (χ2n) is 4.48. The number of hydrogen-bond acceptors (Lipinski definition) is 5. The van der Waals surface area contributed by atoms with E-state index in [2.05, 4.69) is 25.6 Å². The summed E-state index contributed by atoms with van der Waals surface area (Å²) < 4.78 is 26.8. The van der Waals surface area contributed by atoms with Gasteiger partial charge >= 0.3 is 0 Å². The van der Waals surface area contributed by atoms with Crippen molar-refractivity contribution >= 4 is 37.8 Å². The molecule has 2 amide bonds. The largest absolute Gasteiger partial charge is 0.281 e. The van der Waals surface area contributed by atoms with Crippen molar-refractivity contribution in [2.45, 2.75) is 24.3 Å². The van der Waals surface area contributed by atoms with Crippen LogP contribution in [0.1, 0.15) is 19.3 Å². The number of nitrogens with one attached hydrogen (secondary N) is 1. The van der Waals surface area contributed by atoms with Crippen LogP contribution in [0.3, 0.4) is 0 Å². The third-order valence-electron chi connectivity index (χ3n) is 2.99.